The monoisotopic (exact) mass is 619 g/mol. The lowest BCUT2D eigenvalue weighted by Crippen LogP contribution is -2.38. The molecule has 4 aromatic carbocycles. The molecule has 238 valence electrons. The Morgan fingerprint density at radius 1 is 0.804 bits per heavy atom. The van der Waals surface area contributed by atoms with Crippen molar-refractivity contribution in [2.24, 2.45) is 0 Å². The Morgan fingerprint density at radius 3 is 2.15 bits per heavy atom. The Balaban J connectivity index is 1.23. The second kappa shape index (κ2) is 15.1. The van der Waals surface area contributed by atoms with Crippen LogP contribution >= 0.6 is 0 Å². The van der Waals surface area contributed by atoms with Crippen LogP contribution in [0.1, 0.15) is 72.5 Å². The van der Waals surface area contributed by atoms with E-state index in [9.17, 15) is 9.90 Å². The number of carbonyl (C=O) groups excluding carboxylic acids is 1. The van der Waals surface area contributed by atoms with Gasteiger partial charge in [-0.2, -0.15) is 0 Å². The Hall–Kier alpha value is -4.59. The van der Waals surface area contributed by atoms with Gasteiger partial charge in [-0.15, -0.1) is 0 Å². The predicted molar refractivity (Wildman–Crippen MR) is 179 cm³/mol. The van der Waals surface area contributed by atoms with Crippen LogP contribution in [-0.2, 0) is 0 Å². The van der Waals surface area contributed by atoms with Gasteiger partial charge in [-0.25, -0.2) is 4.79 Å². The van der Waals surface area contributed by atoms with E-state index in [0.29, 0.717) is 29.6 Å². The molecule has 0 spiro atoms. The minimum absolute atomic E-state index is 0.215. The minimum atomic E-state index is -0.579. The highest BCUT2D eigenvalue weighted by molar-refractivity contribution is 5.99. The van der Waals surface area contributed by atoms with Gasteiger partial charge in [0.1, 0.15) is 24.2 Å². The molecule has 0 aromatic heterocycles. The highest BCUT2D eigenvalue weighted by Gasteiger charge is 2.19. The van der Waals surface area contributed by atoms with Gasteiger partial charge >= 0.3 is 5.97 Å². The molecule has 1 heterocycles. The summed E-state index contributed by atoms with van der Waals surface area (Å²) >= 11 is 0. The second-order valence-corrected chi connectivity index (χ2v) is 11.8. The fourth-order valence-electron chi connectivity index (χ4n) is 6.13. The molecule has 0 amide bonds. The molecule has 0 bridgehead atoms. The molecule has 7 nitrogen and oxygen atoms in total. The van der Waals surface area contributed by atoms with Crippen LogP contribution in [0.3, 0.4) is 0 Å². The van der Waals surface area contributed by atoms with Gasteiger partial charge in [-0.05, 0) is 95.6 Å². The quantitative estimate of drug-likeness (QED) is 0.0956. The van der Waals surface area contributed by atoms with E-state index >= 15 is 0 Å². The van der Waals surface area contributed by atoms with Gasteiger partial charge in [0.15, 0.2) is 11.5 Å². The highest BCUT2D eigenvalue weighted by Crippen LogP contribution is 2.40. The van der Waals surface area contributed by atoms with Crippen LogP contribution in [0.2, 0.25) is 0 Å². The Bertz CT molecular complexity index is 1630. The fourth-order valence-corrected chi connectivity index (χ4v) is 6.13. The van der Waals surface area contributed by atoms with E-state index in [1.807, 2.05) is 78.9 Å². The van der Waals surface area contributed by atoms with Crippen LogP contribution in [0, 0.1) is 0 Å². The van der Waals surface area contributed by atoms with Gasteiger partial charge in [-0.3, -0.25) is 0 Å². The lowest BCUT2D eigenvalue weighted by Gasteiger charge is -2.24. The molecule has 1 aliphatic carbocycles. The molecule has 7 heteroatoms. The number of allylic oxidation sites excluding steroid dienone is 1. The van der Waals surface area contributed by atoms with Crippen molar-refractivity contribution < 1.29 is 28.8 Å². The fraction of sp³-hybridized carbons (Fsp3) is 0.308. The van der Waals surface area contributed by atoms with Crippen LogP contribution in [-0.4, -0.2) is 43.2 Å². The van der Waals surface area contributed by atoms with Gasteiger partial charge in [0.2, 0.25) is 6.79 Å². The average Bonchev–Trinajstić information content (AvgIpc) is 3.58. The minimum Gasteiger partial charge on any atom is -0.491 e. The molecular formula is C39H41NO6. The molecule has 46 heavy (non-hydrogen) atoms. The largest absolute Gasteiger partial charge is 0.491 e. The van der Waals surface area contributed by atoms with E-state index in [1.165, 1.54) is 32.1 Å². The van der Waals surface area contributed by atoms with E-state index in [4.69, 9.17) is 18.9 Å². The molecule has 6 rings (SSSR count). The van der Waals surface area contributed by atoms with Gasteiger partial charge in [-0.1, -0.05) is 74.7 Å². The van der Waals surface area contributed by atoms with E-state index in [-0.39, 0.29) is 13.4 Å². The number of ether oxygens (including phenoxy) is 4. The third-order valence-corrected chi connectivity index (χ3v) is 8.57. The van der Waals surface area contributed by atoms with Crippen molar-refractivity contribution in [3.05, 3.63) is 119 Å². The summed E-state index contributed by atoms with van der Waals surface area (Å²) in [5.74, 6) is 2.24. The Morgan fingerprint density at radius 2 is 1.46 bits per heavy atom. The van der Waals surface area contributed by atoms with Crippen molar-refractivity contribution in [3.8, 4) is 23.0 Å². The summed E-state index contributed by atoms with van der Waals surface area (Å²) in [5.41, 5.74) is 5.70. The number of rotatable bonds is 12. The summed E-state index contributed by atoms with van der Waals surface area (Å²) < 4.78 is 22.9. The number of benzene rings is 4. The number of esters is 1. The molecule has 1 fully saturated rings. The molecule has 1 unspecified atom stereocenters. The van der Waals surface area contributed by atoms with Gasteiger partial charge in [0, 0.05) is 12.6 Å². The summed E-state index contributed by atoms with van der Waals surface area (Å²) in [6.45, 7) is 3.10. The lowest BCUT2D eigenvalue weighted by molar-refractivity contribution is 0.0734. The summed E-state index contributed by atoms with van der Waals surface area (Å²) in [5, 5.41) is 14.0. The number of aliphatic hydroxyl groups excluding tert-OH is 1. The second-order valence-electron chi connectivity index (χ2n) is 11.8. The van der Waals surface area contributed by atoms with Crippen molar-refractivity contribution in [1.82, 2.24) is 5.32 Å². The zero-order valence-corrected chi connectivity index (χ0v) is 26.2. The van der Waals surface area contributed by atoms with Crippen molar-refractivity contribution in [1.29, 1.82) is 0 Å². The van der Waals surface area contributed by atoms with Crippen molar-refractivity contribution in [2.75, 3.05) is 19.9 Å². The molecule has 2 N–H and O–H groups in total. The summed E-state index contributed by atoms with van der Waals surface area (Å²) in [4.78, 5) is 12.6. The maximum atomic E-state index is 12.6. The standard InChI is InChI=1S/C39H41NO6/c1-2-35(30-17-22-36-37(23-30)45-26-44-36)38(28-15-20-34(21-16-28)46-39(42)29-9-5-3-6-10-29)27-13-18-33(19-14-27)43-25-32(41)24-40-31-11-7-4-8-12-31/h3,5-6,9-10,13-23,31-32,40-41H,2,4,7-8,11-12,24-26H2,1H3. The first-order valence-electron chi connectivity index (χ1n) is 16.2. The smallest absolute Gasteiger partial charge is 0.343 e. The highest BCUT2D eigenvalue weighted by atomic mass is 16.7. The molecule has 2 aliphatic rings. The Kier molecular flexibility index (Phi) is 10.3. The topological polar surface area (TPSA) is 86.2 Å². The van der Waals surface area contributed by atoms with E-state index < -0.39 is 12.1 Å². The van der Waals surface area contributed by atoms with Crippen molar-refractivity contribution in [2.45, 2.75) is 57.6 Å². The number of nitrogens with one attached hydrogen (secondary N) is 1. The maximum Gasteiger partial charge on any atom is 0.343 e. The number of aliphatic hydroxyl groups is 1. The van der Waals surface area contributed by atoms with Crippen LogP contribution < -0.4 is 24.3 Å². The third kappa shape index (κ3) is 7.79. The predicted octanol–water partition coefficient (Wildman–Crippen LogP) is 7.67. The average molecular weight is 620 g/mol. The third-order valence-electron chi connectivity index (χ3n) is 8.57. The van der Waals surface area contributed by atoms with Gasteiger partial charge in [0.25, 0.3) is 0 Å². The molecule has 1 saturated carbocycles. The van der Waals surface area contributed by atoms with Gasteiger partial charge < -0.3 is 29.4 Å². The zero-order chi connectivity index (χ0) is 31.7. The molecule has 0 radical (unpaired) electrons. The number of fused-ring (bicyclic) bond motifs is 1. The first-order valence-corrected chi connectivity index (χ1v) is 16.2. The van der Waals surface area contributed by atoms with Crippen LogP contribution in [0.15, 0.2) is 97.1 Å². The van der Waals surface area contributed by atoms with E-state index in [2.05, 4.69) is 18.3 Å². The molecule has 4 aromatic rings. The lowest BCUT2D eigenvalue weighted by atomic mass is 9.88. The first kappa shape index (κ1) is 31.4. The molecule has 1 atom stereocenters. The van der Waals surface area contributed by atoms with Crippen LogP contribution in [0.25, 0.3) is 11.1 Å². The normalized spacial score (nSPS) is 15.6. The number of hydrogen-bond donors (Lipinski definition) is 2. The SMILES string of the molecule is CCC(=C(c1ccc(OCC(O)CNC2CCCCC2)cc1)c1ccc(OC(=O)c2ccccc2)cc1)c1ccc2c(c1)OCO2. The maximum absolute atomic E-state index is 12.6. The van der Waals surface area contributed by atoms with Crippen LogP contribution in [0.4, 0.5) is 0 Å². The van der Waals surface area contributed by atoms with E-state index in [1.54, 1.807) is 12.1 Å². The van der Waals surface area contributed by atoms with E-state index in [0.717, 1.165) is 45.8 Å². The summed E-state index contributed by atoms with van der Waals surface area (Å²) in [6.07, 6.45) is 6.36. The van der Waals surface area contributed by atoms with Crippen molar-refractivity contribution in [3.63, 3.8) is 0 Å². The Labute approximate surface area is 270 Å². The number of carbonyl (C=O) groups is 1. The summed E-state index contributed by atoms with van der Waals surface area (Å²) in [7, 11) is 0. The molecular weight excluding hydrogens is 578 g/mol. The number of hydrogen-bond acceptors (Lipinski definition) is 7. The van der Waals surface area contributed by atoms with Crippen molar-refractivity contribution >= 4 is 17.1 Å². The first-order chi connectivity index (χ1) is 22.6. The summed E-state index contributed by atoms with van der Waals surface area (Å²) in [6, 6.07) is 31.1. The van der Waals surface area contributed by atoms with Gasteiger partial charge in [0.05, 0.1) is 5.56 Å². The molecule has 0 saturated heterocycles. The van der Waals surface area contributed by atoms with Crippen LogP contribution in [0.5, 0.6) is 23.0 Å². The molecule has 1 aliphatic heterocycles. The zero-order valence-electron chi connectivity index (χ0n) is 26.2.